The third-order valence-corrected chi connectivity index (χ3v) is 4.36. The van der Waals surface area contributed by atoms with Crippen molar-refractivity contribution in [2.24, 2.45) is 11.7 Å². The van der Waals surface area contributed by atoms with Gasteiger partial charge in [0.15, 0.2) is 0 Å². The van der Waals surface area contributed by atoms with Crippen LogP contribution in [0, 0.1) is 5.92 Å². The summed E-state index contributed by atoms with van der Waals surface area (Å²) in [4.78, 5) is 4.16. The zero-order valence-corrected chi connectivity index (χ0v) is 11.4. The normalized spacial score (nSPS) is 14.7. The van der Waals surface area contributed by atoms with E-state index in [4.69, 9.17) is 10.2 Å². The van der Waals surface area contributed by atoms with Crippen LogP contribution >= 0.6 is 11.8 Å². The van der Waals surface area contributed by atoms with Crippen molar-refractivity contribution in [2.75, 3.05) is 0 Å². The second-order valence-electron chi connectivity index (χ2n) is 4.56. The number of benzene rings is 1. The largest absolute Gasteiger partial charge is 0.440 e. The highest BCUT2D eigenvalue weighted by Crippen LogP contribution is 2.34. The number of hydrogen-bond donors (Lipinski definition) is 1. The Kier molecular flexibility index (Phi) is 4.44. The molecule has 0 aliphatic carbocycles. The Morgan fingerprint density at radius 1 is 1.22 bits per heavy atom. The van der Waals surface area contributed by atoms with Gasteiger partial charge in [-0.3, -0.25) is 0 Å². The van der Waals surface area contributed by atoms with Crippen molar-refractivity contribution in [2.45, 2.75) is 30.4 Å². The Hall–Kier alpha value is -1.26. The van der Waals surface area contributed by atoms with Crippen LogP contribution in [0.15, 0.2) is 52.4 Å². The van der Waals surface area contributed by atoms with Gasteiger partial charge in [0.1, 0.15) is 6.26 Å². The molecule has 3 nitrogen and oxygen atoms in total. The highest BCUT2D eigenvalue weighted by Gasteiger charge is 2.25. The molecule has 2 atom stereocenters. The first-order valence-electron chi connectivity index (χ1n) is 6.05. The smallest absolute Gasteiger partial charge is 0.255 e. The molecular formula is C14H18N2OS. The number of hydrogen-bond acceptors (Lipinski definition) is 4. The number of oxazole rings is 1. The lowest BCUT2D eigenvalue weighted by molar-refractivity contribution is 0.446. The summed E-state index contributed by atoms with van der Waals surface area (Å²) in [6, 6.07) is 10.1. The van der Waals surface area contributed by atoms with E-state index in [2.05, 4.69) is 31.0 Å². The fourth-order valence-electron chi connectivity index (χ4n) is 1.87. The molecule has 2 unspecified atom stereocenters. The zero-order valence-electron chi connectivity index (χ0n) is 10.6. The average Bonchev–Trinajstić information content (AvgIpc) is 2.89. The molecule has 18 heavy (non-hydrogen) atoms. The summed E-state index contributed by atoms with van der Waals surface area (Å²) < 4.78 is 5.30. The zero-order chi connectivity index (χ0) is 13.0. The van der Waals surface area contributed by atoms with Crippen LogP contribution in [0.2, 0.25) is 0 Å². The van der Waals surface area contributed by atoms with Crippen LogP contribution in [0.25, 0.3) is 0 Å². The third-order valence-electron chi connectivity index (χ3n) is 2.84. The molecule has 2 N–H and O–H groups in total. The van der Waals surface area contributed by atoms with E-state index in [1.165, 1.54) is 0 Å². The van der Waals surface area contributed by atoms with Crippen molar-refractivity contribution in [1.29, 1.82) is 0 Å². The molecule has 0 aliphatic heterocycles. The minimum Gasteiger partial charge on any atom is -0.440 e. The van der Waals surface area contributed by atoms with E-state index < -0.39 is 0 Å². The molecule has 0 fully saturated rings. The van der Waals surface area contributed by atoms with Crippen LogP contribution in [-0.4, -0.2) is 10.2 Å². The molecule has 4 heteroatoms. The predicted molar refractivity (Wildman–Crippen MR) is 74.4 cm³/mol. The molecule has 2 aromatic rings. The summed E-state index contributed by atoms with van der Waals surface area (Å²) in [5.41, 5.74) is 7.51. The molecule has 0 amide bonds. The first kappa shape index (κ1) is 13.2. The van der Waals surface area contributed by atoms with Gasteiger partial charge in [-0.1, -0.05) is 55.9 Å². The van der Waals surface area contributed by atoms with Gasteiger partial charge in [0, 0.05) is 11.3 Å². The molecule has 1 aromatic heterocycles. The van der Waals surface area contributed by atoms with Gasteiger partial charge in [-0.2, -0.15) is 0 Å². The first-order valence-corrected chi connectivity index (χ1v) is 6.93. The fourth-order valence-corrected chi connectivity index (χ4v) is 2.92. The van der Waals surface area contributed by atoms with Crippen LogP contribution in [0.1, 0.15) is 25.5 Å². The molecule has 1 aromatic carbocycles. The molecular weight excluding hydrogens is 244 g/mol. The van der Waals surface area contributed by atoms with Gasteiger partial charge in [-0.25, -0.2) is 4.98 Å². The Labute approximate surface area is 112 Å². The molecule has 0 aliphatic rings. The molecule has 0 saturated heterocycles. The van der Waals surface area contributed by atoms with E-state index in [-0.39, 0.29) is 11.3 Å². The summed E-state index contributed by atoms with van der Waals surface area (Å²) in [6.07, 6.45) is 3.25. The number of nitrogens with zero attached hydrogens (tertiary/aromatic N) is 1. The summed E-state index contributed by atoms with van der Waals surface area (Å²) in [6.45, 7) is 4.34. The second-order valence-corrected chi connectivity index (χ2v) is 5.69. The van der Waals surface area contributed by atoms with E-state index in [9.17, 15) is 0 Å². The lowest BCUT2D eigenvalue weighted by Gasteiger charge is -2.25. The maximum absolute atomic E-state index is 6.37. The SMILES string of the molecule is CC(C)C(Sc1ncco1)C(N)c1ccccc1. The van der Waals surface area contributed by atoms with E-state index >= 15 is 0 Å². The number of thioether (sulfide) groups is 1. The molecule has 0 saturated carbocycles. The Morgan fingerprint density at radius 2 is 1.94 bits per heavy atom. The standard InChI is InChI=1S/C14H18N2OS/c1-10(2)13(18-14-16-8-9-17-14)12(15)11-6-4-3-5-7-11/h3-10,12-13H,15H2,1-2H3. The van der Waals surface area contributed by atoms with Crippen molar-refractivity contribution in [3.63, 3.8) is 0 Å². The van der Waals surface area contributed by atoms with E-state index in [1.807, 2.05) is 18.2 Å². The maximum atomic E-state index is 6.37. The summed E-state index contributed by atoms with van der Waals surface area (Å²) in [7, 11) is 0. The van der Waals surface area contributed by atoms with Crippen molar-refractivity contribution in [3.8, 4) is 0 Å². The van der Waals surface area contributed by atoms with Gasteiger partial charge < -0.3 is 10.2 Å². The van der Waals surface area contributed by atoms with Gasteiger partial charge in [0.25, 0.3) is 5.22 Å². The predicted octanol–water partition coefficient (Wildman–Crippen LogP) is 3.49. The molecule has 0 radical (unpaired) electrons. The summed E-state index contributed by atoms with van der Waals surface area (Å²) in [5.74, 6) is 0.442. The second kappa shape index (κ2) is 6.07. The van der Waals surface area contributed by atoms with Gasteiger partial charge in [0.2, 0.25) is 0 Å². The minimum absolute atomic E-state index is 0.0249. The van der Waals surface area contributed by atoms with Gasteiger partial charge in [0.05, 0.1) is 6.20 Å². The Morgan fingerprint density at radius 3 is 2.50 bits per heavy atom. The molecule has 0 spiro atoms. The number of rotatable bonds is 5. The highest BCUT2D eigenvalue weighted by molar-refractivity contribution is 7.99. The molecule has 1 heterocycles. The lowest BCUT2D eigenvalue weighted by atomic mass is 9.97. The van der Waals surface area contributed by atoms with E-state index in [0.29, 0.717) is 11.1 Å². The monoisotopic (exact) mass is 262 g/mol. The summed E-state index contributed by atoms with van der Waals surface area (Å²) in [5, 5.41) is 0.922. The van der Waals surface area contributed by atoms with E-state index in [1.54, 1.807) is 24.2 Å². The topological polar surface area (TPSA) is 52.0 Å². The fraction of sp³-hybridized carbons (Fsp3) is 0.357. The molecule has 2 rings (SSSR count). The minimum atomic E-state index is -0.0249. The van der Waals surface area contributed by atoms with Crippen molar-refractivity contribution in [3.05, 3.63) is 48.4 Å². The highest BCUT2D eigenvalue weighted by atomic mass is 32.2. The van der Waals surface area contributed by atoms with Crippen LogP contribution in [-0.2, 0) is 0 Å². The van der Waals surface area contributed by atoms with Crippen molar-refractivity contribution in [1.82, 2.24) is 4.98 Å². The van der Waals surface area contributed by atoms with E-state index in [0.717, 1.165) is 5.56 Å². The van der Waals surface area contributed by atoms with Crippen LogP contribution < -0.4 is 5.73 Å². The third kappa shape index (κ3) is 3.15. The first-order chi connectivity index (χ1) is 8.68. The Balaban J connectivity index is 2.15. The van der Waals surface area contributed by atoms with Crippen LogP contribution in [0.5, 0.6) is 0 Å². The maximum Gasteiger partial charge on any atom is 0.255 e. The van der Waals surface area contributed by atoms with Crippen molar-refractivity contribution < 1.29 is 4.42 Å². The number of aromatic nitrogens is 1. The van der Waals surface area contributed by atoms with Crippen LogP contribution in [0.4, 0.5) is 0 Å². The quantitative estimate of drug-likeness (QED) is 0.838. The van der Waals surface area contributed by atoms with Gasteiger partial charge >= 0.3 is 0 Å². The lowest BCUT2D eigenvalue weighted by Crippen LogP contribution is -2.28. The van der Waals surface area contributed by atoms with Gasteiger partial charge in [-0.15, -0.1) is 0 Å². The number of nitrogens with two attached hydrogens (primary N) is 1. The van der Waals surface area contributed by atoms with Crippen molar-refractivity contribution >= 4 is 11.8 Å². The average molecular weight is 262 g/mol. The molecule has 96 valence electrons. The molecule has 0 bridgehead atoms. The Bertz CT molecular complexity index is 456. The summed E-state index contributed by atoms with van der Waals surface area (Å²) >= 11 is 1.60. The van der Waals surface area contributed by atoms with Crippen LogP contribution in [0.3, 0.4) is 0 Å². The van der Waals surface area contributed by atoms with Gasteiger partial charge in [-0.05, 0) is 11.5 Å².